The lowest BCUT2D eigenvalue weighted by atomic mass is 10.1. The molecule has 0 saturated carbocycles. The van der Waals surface area contributed by atoms with Gasteiger partial charge in [-0.2, -0.15) is 0 Å². The normalized spacial score (nSPS) is 12.9. The van der Waals surface area contributed by atoms with Crippen molar-refractivity contribution in [1.29, 1.82) is 0 Å². The Labute approximate surface area is 155 Å². The lowest BCUT2D eigenvalue weighted by Crippen LogP contribution is -2.41. The van der Waals surface area contributed by atoms with E-state index in [-0.39, 0.29) is 11.1 Å². The molecule has 0 saturated heterocycles. The van der Waals surface area contributed by atoms with Crippen LogP contribution < -0.4 is 0 Å². The maximum absolute atomic E-state index is 12.5. The van der Waals surface area contributed by atoms with Crippen LogP contribution in [0.1, 0.15) is 31.8 Å². The average molecular weight is 367 g/mol. The van der Waals surface area contributed by atoms with Gasteiger partial charge in [0.05, 0.1) is 10.5 Å². The molecule has 8 nitrogen and oxygen atoms in total. The SMILES string of the molecule is Cc1ccc(CN(C)C(=O)CN2C(=O)c3cccc([N+](=O)[O-])c3C2=O)cc1. The molecule has 0 fully saturated rings. The first-order valence-electron chi connectivity index (χ1n) is 8.22. The van der Waals surface area contributed by atoms with Crippen LogP contribution in [0.2, 0.25) is 0 Å². The fourth-order valence-electron chi connectivity index (χ4n) is 2.92. The summed E-state index contributed by atoms with van der Waals surface area (Å²) in [6.45, 7) is 1.81. The predicted octanol–water partition coefficient (Wildman–Crippen LogP) is 2.16. The molecule has 0 aromatic heterocycles. The highest BCUT2D eigenvalue weighted by Crippen LogP contribution is 2.30. The molecular weight excluding hydrogens is 350 g/mol. The molecule has 27 heavy (non-hydrogen) atoms. The van der Waals surface area contributed by atoms with Crippen molar-refractivity contribution in [2.45, 2.75) is 13.5 Å². The Kier molecular flexibility index (Phi) is 4.72. The van der Waals surface area contributed by atoms with Crippen LogP contribution in [0.5, 0.6) is 0 Å². The minimum atomic E-state index is -0.820. The highest BCUT2D eigenvalue weighted by Gasteiger charge is 2.41. The van der Waals surface area contributed by atoms with E-state index in [2.05, 4.69) is 0 Å². The molecule has 8 heteroatoms. The van der Waals surface area contributed by atoms with Crippen LogP contribution in [0.25, 0.3) is 0 Å². The quantitative estimate of drug-likeness (QED) is 0.458. The molecular formula is C19H17N3O5. The van der Waals surface area contributed by atoms with E-state index in [1.807, 2.05) is 31.2 Å². The van der Waals surface area contributed by atoms with Crippen molar-refractivity contribution >= 4 is 23.4 Å². The monoisotopic (exact) mass is 367 g/mol. The second kappa shape index (κ2) is 6.99. The number of rotatable bonds is 5. The second-order valence-corrected chi connectivity index (χ2v) is 6.39. The number of aryl methyl sites for hydroxylation is 1. The lowest BCUT2D eigenvalue weighted by Gasteiger charge is -2.20. The van der Waals surface area contributed by atoms with E-state index < -0.39 is 34.9 Å². The molecule has 1 aliphatic rings. The maximum Gasteiger partial charge on any atom is 0.282 e. The summed E-state index contributed by atoms with van der Waals surface area (Å²) in [6, 6.07) is 11.5. The number of imide groups is 1. The highest BCUT2D eigenvalue weighted by molar-refractivity contribution is 6.24. The van der Waals surface area contributed by atoms with E-state index in [1.54, 1.807) is 7.05 Å². The second-order valence-electron chi connectivity index (χ2n) is 6.39. The third-order valence-electron chi connectivity index (χ3n) is 4.43. The first-order chi connectivity index (χ1) is 12.8. The van der Waals surface area contributed by atoms with Gasteiger partial charge in [0, 0.05) is 19.7 Å². The first-order valence-corrected chi connectivity index (χ1v) is 8.22. The van der Waals surface area contributed by atoms with Crippen LogP contribution >= 0.6 is 0 Å². The molecule has 0 aliphatic carbocycles. The van der Waals surface area contributed by atoms with Crippen molar-refractivity contribution in [3.05, 3.63) is 74.8 Å². The largest absolute Gasteiger partial charge is 0.340 e. The Balaban J connectivity index is 1.76. The Morgan fingerprint density at radius 2 is 1.78 bits per heavy atom. The Morgan fingerprint density at radius 1 is 1.11 bits per heavy atom. The average Bonchev–Trinajstić information content (AvgIpc) is 2.88. The van der Waals surface area contributed by atoms with Gasteiger partial charge < -0.3 is 4.90 Å². The summed E-state index contributed by atoms with van der Waals surface area (Å²) < 4.78 is 0. The fraction of sp³-hybridized carbons (Fsp3) is 0.211. The molecule has 3 rings (SSSR count). The molecule has 1 aliphatic heterocycles. The van der Waals surface area contributed by atoms with Crippen molar-refractivity contribution in [2.75, 3.05) is 13.6 Å². The van der Waals surface area contributed by atoms with Crippen molar-refractivity contribution < 1.29 is 19.3 Å². The topological polar surface area (TPSA) is 101 Å². The molecule has 0 atom stereocenters. The Morgan fingerprint density at radius 3 is 2.41 bits per heavy atom. The number of benzene rings is 2. The van der Waals surface area contributed by atoms with Crippen LogP contribution in [0.3, 0.4) is 0 Å². The molecule has 0 N–H and O–H groups in total. The van der Waals surface area contributed by atoms with Crippen LogP contribution in [0, 0.1) is 17.0 Å². The summed E-state index contributed by atoms with van der Waals surface area (Å²) in [6.07, 6.45) is 0. The van der Waals surface area contributed by atoms with Crippen molar-refractivity contribution in [3.8, 4) is 0 Å². The summed E-state index contributed by atoms with van der Waals surface area (Å²) in [7, 11) is 1.57. The summed E-state index contributed by atoms with van der Waals surface area (Å²) in [5, 5.41) is 11.1. The molecule has 3 amide bonds. The minimum Gasteiger partial charge on any atom is -0.340 e. The van der Waals surface area contributed by atoms with Crippen molar-refractivity contribution in [2.24, 2.45) is 0 Å². The number of nitro benzene ring substituents is 1. The van der Waals surface area contributed by atoms with Crippen molar-refractivity contribution in [3.63, 3.8) is 0 Å². The number of carbonyl (C=O) groups excluding carboxylic acids is 3. The number of amides is 3. The zero-order chi connectivity index (χ0) is 19.7. The molecule has 1 heterocycles. The molecule has 0 radical (unpaired) electrons. The van der Waals surface area contributed by atoms with E-state index in [0.29, 0.717) is 6.54 Å². The van der Waals surface area contributed by atoms with E-state index in [1.165, 1.54) is 23.1 Å². The number of nitro groups is 1. The third kappa shape index (κ3) is 3.41. The van der Waals surface area contributed by atoms with Crippen LogP contribution in [-0.4, -0.2) is 46.0 Å². The van der Waals surface area contributed by atoms with Gasteiger partial charge in [0.2, 0.25) is 5.91 Å². The highest BCUT2D eigenvalue weighted by atomic mass is 16.6. The number of carbonyl (C=O) groups is 3. The molecule has 0 unspecified atom stereocenters. The standard InChI is InChI=1S/C19H17N3O5/c1-12-6-8-13(9-7-12)10-20(2)16(23)11-21-18(24)14-4-3-5-15(22(26)27)17(14)19(21)25/h3-9H,10-11H2,1-2H3. The van der Waals surface area contributed by atoms with Gasteiger partial charge in [0.1, 0.15) is 12.1 Å². The Bertz CT molecular complexity index is 952. The van der Waals surface area contributed by atoms with E-state index in [0.717, 1.165) is 16.0 Å². The molecule has 0 spiro atoms. The zero-order valence-corrected chi connectivity index (χ0v) is 14.8. The number of likely N-dealkylation sites (N-methyl/N-ethyl adjacent to an activating group) is 1. The van der Waals surface area contributed by atoms with Gasteiger partial charge in [0.15, 0.2) is 0 Å². The smallest absolute Gasteiger partial charge is 0.282 e. The van der Waals surface area contributed by atoms with Crippen LogP contribution in [-0.2, 0) is 11.3 Å². The first kappa shape index (κ1) is 18.2. The summed E-state index contributed by atoms with van der Waals surface area (Å²) in [5.74, 6) is -1.96. The summed E-state index contributed by atoms with van der Waals surface area (Å²) >= 11 is 0. The predicted molar refractivity (Wildman–Crippen MR) is 96.1 cm³/mol. The molecule has 0 bridgehead atoms. The van der Waals surface area contributed by atoms with Crippen LogP contribution in [0.4, 0.5) is 5.69 Å². The van der Waals surface area contributed by atoms with Gasteiger partial charge in [-0.05, 0) is 18.6 Å². The van der Waals surface area contributed by atoms with Gasteiger partial charge in [-0.3, -0.25) is 29.4 Å². The van der Waals surface area contributed by atoms with E-state index in [9.17, 15) is 24.5 Å². The van der Waals surface area contributed by atoms with Gasteiger partial charge in [-0.1, -0.05) is 35.9 Å². The minimum absolute atomic E-state index is 0.0526. The third-order valence-corrected chi connectivity index (χ3v) is 4.43. The van der Waals surface area contributed by atoms with Gasteiger partial charge in [-0.25, -0.2) is 0 Å². The molecule has 2 aromatic carbocycles. The van der Waals surface area contributed by atoms with Gasteiger partial charge in [-0.15, -0.1) is 0 Å². The van der Waals surface area contributed by atoms with Crippen LogP contribution in [0.15, 0.2) is 42.5 Å². The van der Waals surface area contributed by atoms with Crippen molar-refractivity contribution in [1.82, 2.24) is 9.80 Å². The number of hydrogen-bond acceptors (Lipinski definition) is 5. The summed E-state index contributed by atoms with van der Waals surface area (Å²) in [4.78, 5) is 50.0. The van der Waals surface area contributed by atoms with Gasteiger partial charge in [0.25, 0.3) is 17.5 Å². The molecule has 138 valence electrons. The Hall–Kier alpha value is -3.55. The number of hydrogen-bond donors (Lipinski definition) is 0. The number of nitrogens with zero attached hydrogens (tertiary/aromatic N) is 3. The zero-order valence-electron chi connectivity index (χ0n) is 14.8. The maximum atomic E-state index is 12.5. The van der Waals surface area contributed by atoms with E-state index in [4.69, 9.17) is 0 Å². The molecule has 2 aromatic rings. The summed E-state index contributed by atoms with van der Waals surface area (Å²) in [5.41, 5.74) is 1.26. The lowest BCUT2D eigenvalue weighted by molar-refractivity contribution is -0.385. The van der Waals surface area contributed by atoms with Gasteiger partial charge >= 0.3 is 0 Å². The fourth-order valence-corrected chi connectivity index (χ4v) is 2.92. The van der Waals surface area contributed by atoms with E-state index >= 15 is 0 Å². The number of fused-ring (bicyclic) bond motifs is 1.